The molecule has 1 rings (SSSR count). The Morgan fingerprint density at radius 1 is 1.33 bits per heavy atom. The molecule has 0 saturated carbocycles. The minimum absolute atomic E-state index is 0.658. The Morgan fingerprint density at radius 2 is 2.22 bits per heavy atom. The van der Waals surface area contributed by atoms with Gasteiger partial charge >= 0.3 is 0 Å². The number of hydrogen-bond acceptors (Lipinski definition) is 2. The van der Waals surface area contributed by atoms with Crippen LogP contribution in [-0.4, -0.2) is 18.2 Å². The Labute approximate surface area is 110 Å². The van der Waals surface area contributed by atoms with Gasteiger partial charge in [-0.05, 0) is 25.7 Å². The lowest BCUT2D eigenvalue weighted by molar-refractivity contribution is -0.703. The fourth-order valence-corrected chi connectivity index (χ4v) is 1.90. The summed E-state index contributed by atoms with van der Waals surface area (Å²) < 4.78 is 7.72. The second-order valence-corrected chi connectivity index (χ2v) is 4.43. The van der Waals surface area contributed by atoms with Crippen molar-refractivity contribution in [1.82, 2.24) is 4.98 Å². The molecule has 0 saturated heterocycles. The summed E-state index contributed by atoms with van der Waals surface area (Å²) in [5.74, 6) is 1.26. The quantitative estimate of drug-likeness (QED) is 0.512. The number of rotatable bonds is 10. The van der Waals surface area contributed by atoms with E-state index in [1.807, 2.05) is 6.20 Å². The molecule has 4 nitrogen and oxygen atoms in total. The first-order valence-electron chi connectivity index (χ1n) is 6.89. The minimum Gasteiger partial charge on any atom is -0.381 e. The Balaban J connectivity index is 2.20. The van der Waals surface area contributed by atoms with Gasteiger partial charge in [0.25, 0.3) is 5.82 Å². The zero-order chi connectivity index (χ0) is 13.1. The molecule has 0 aliphatic carbocycles. The zero-order valence-corrected chi connectivity index (χ0v) is 11.3. The number of aryl methyl sites for hydroxylation is 2. The van der Waals surface area contributed by atoms with Gasteiger partial charge in [0.15, 0.2) is 0 Å². The van der Waals surface area contributed by atoms with Gasteiger partial charge in [-0.3, -0.25) is 0 Å². The van der Waals surface area contributed by atoms with Crippen molar-refractivity contribution in [1.29, 1.82) is 5.26 Å². The molecule has 0 aliphatic rings. The van der Waals surface area contributed by atoms with Gasteiger partial charge in [-0.1, -0.05) is 6.92 Å². The lowest BCUT2D eigenvalue weighted by atomic mass is 10.2. The van der Waals surface area contributed by atoms with Crippen molar-refractivity contribution >= 4 is 0 Å². The lowest BCUT2D eigenvalue weighted by Crippen LogP contribution is -2.36. The van der Waals surface area contributed by atoms with Crippen LogP contribution < -0.4 is 4.57 Å². The number of H-pyrrole nitrogens is 1. The van der Waals surface area contributed by atoms with E-state index in [1.54, 1.807) is 0 Å². The Morgan fingerprint density at radius 3 is 3.00 bits per heavy atom. The van der Waals surface area contributed by atoms with Crippen molar-refractivity contribution in [2.24, 2.45) is 0 Å². The Bertz CT molecular complexity index is 354. The molecule has 100 valence electrons. The summed E-state index contributed by atoms with van der Waals surface area (Å²) in [5, 5.41) is 8.49. The third-order valence-electron chi connectivity index (χ3n) is 2.84. The van der Waals surface area contributed by atoms with Crippen molar-refractivity contribution in [2.45, 2.75) is 52.0 Å². The van der Waals surface area contributed by atoms with Gasteiger partial charge in [0.05, 0.1) is 19.0 Å². The highest BCUT2D eigenvalue weighted by Crippen LogP contribution is 1.98. The van der Waals surface area contributed by atoms with Crippen LogP contribution in [0.2, 0.25) is 0 Å². The highest BCUT2D eigenvalue weighted by atomic mass is 16.5. The zero-order valence-electron chi connectivity index (χ0n) is 11.3. The number of aromatic nitrogens is 2. The van der Waals surface area contributed by atoms with Gasteiger partial charge in [-0.2, -0.15) is 5.26 Å². The number of hydrogen-bond donors (Lipinski definition) is 1. The van der Waals surface area contributed by atoms with E-state index in [1.165, 1.54) is 5.82 Å². The molecular formula is C14H24N3O+. The third-order valence-corrected chi connectivity index (χ3v) is 2.84. The average Bonchev–Trinajstić information content (AvgIpc) is 2.82. The summed E-state index contributed by atoms with van der Waals surface area (Å²) >= 11 is 0. The molecule has 1 heterocycles. The van der Waals surface area contributed by atoms with E-state index < -0.39 is 0 Å². The van der Waals surface area contributed by atoms with Gasteiger partial charge in [0, 0.05) is 19.6 Å². The van der Waals surface area contributed by atoms with Crippen LogP contribution in [0, 0.1) is 11.3 Å². The summed E-state index contributed by atoms with van der Waals surface area (Å²) in [6, 6.07) is 2.18. The molecule has 1 N–H and O–H groups in total. The largest absolute Gasteiger partial charge is 0.381 e. The highest BCUT2D eigenvalue weighted by Gasteiger charge is 2.09. The number of ether oxygens (including phenoxy) is 1. The maximum Gasteiger partial charge on any atom is 0.254 e. The van der Waals surface area contributed by atoms with Crippen LogP contribution in [0.4, 0.5) is 0 Å². The Kier molecular flexibility index (Phi) is 7.90. The van der Waals surface area contributed by atoms with E-state index in [9.17, 15) is 0 Å². The molecular weight excluding hydrogens is 226 g/mol. The molecule has 0 bridgehead atoms. The smallest absolute Gasteiger partial charge is 0.254 e. The molecule has 0 unspecified atom stereocenters. The molecule has 0 spiro atoms. The maximum atomic E-state index is 8.49. The number of unbranched alkanes of at least 4 members (excludes halogenated alkanes) is 2. The van der Waals surface area contributed by atoms with Crippen LogP contribution in [0.15, 0.2) is 12.4 Å². The molecule has 1 aromatic rings. The van der Waals surface area contributed by atoms with Crippen molar-refractivity contribution in [3.63, 3.8) is 0 Å². The second kappa shape index (κ2) is 9.67. The van der Waals surface area contributed by atoms with Crippen LogP contribution in [0.5, 0.6) is 0 Å². The minimum atomic E-state index is 0.658. The fourth-order valence-electron chi connectivity index (χ4n) is 1.90. The number of nitriles is 1. The monoisotopic (exact) mass is 250 g/mol. The summed E-state index contributed by atoms with van der Waals surface area (Å²) in [6.07, 6.45) is 9.92. The number of aromatic amines is 1. The number of imidazole rings is 1. The summed E-state index contributed by atoms with van der Waals surface area (Å²) in [7, 11) is 0. The van der Waals surface area contributed by atoms with Gasteiger partial charge < -0.3 is 4.74 Å². The predicted molar refractivity (Wildman–Crippen MR) is 69.9 cm³/mol. The average molecular weight is 250 g/mol. The maximum absolute atomic E-state index is 8.49. The first-order chi connectivity index (χ1) is 8.88. The van der Waals surface area contributed by atoms with Gasteiger partial charge in [0.2, 0.25) is 0 Å². The highest BCUT2D eigenvalue weighted by molar-refractivity contribution is 4.77. The molecule has 18 heavy (non-hydrogen) atoms. The van der Waals surface area contributed by atoms with Gasteiger partial charge in [-0.15, -0.1) is 0 Å². The normalized spacial score (nSPS) is 10.4. The van der Waals surface area contributed by atoms with Crippen LogP contribution in [0.25, 0.3) is 0 Å². The van der Waals surface area contributed by atoms with E-state index in [-0.39, 0.29) is 0 Å². The number of nitrogens with zero attached hydrogens (tertiary/aromatic N) is 2. The molecule has 0 radical (unpaired) electrons. The molecule has 1 aromatic heterocycles. The van der Waals surface area contributed by atoms with Gasteiger partial charge in [0.1, 0.15) is 12.4 Å². The van der Waals surface area contributed by atoms with E-state index in [0.717, 1.165) is 51.9 Å². The topological polar surface area (TPSA) is 52.7 Å². The standard InChI is InChI=1S/C14H23N3O/c1-2-12-18-13-6-7-14-16-9-11-17(14)10-5-3-4-8-15/h9,11H,2-7,10,12-13H2,1H3/p+1. The molecule has 0 aliphatic heterocycles. The van der Waals surface area contributed by atoms with Crippen molar-refractivity contribution < 1.29 is 9.30 Å². The van der Waals surface area contributed by atoms with Crippen molar-refractivity contribution in [3.05, 3.63) is 18.2 Å². The van der Waals surface area contributed by atoms with Crippen LogP contribution in [0.1, 0.15) is 44.9 Å². The number of nitrogens with one attached hydrogen (secondary N) is 1. The Hall–Kier alpha value is -1.34. The van der Waals surface area contributed by atoms with Crippen molar-refractivity contribution in [3.8, 4) is 6.07 Å². The first kappa shape index (κ1) is 14.7. The SMILES string of the molecule is CCCOCCCc1[nH]cc[n+]1CCCCC#N. The summed E-state index contributed by atoms with van der Waals surface area (Å²) in [4.78, 5) is 3.28. The molecule has 0 atom stereocenters. The third kappa shape index (κ3) is 5.83. The molecule has 4 heteroatoms. The molecule has 0 amide bonds. The van der Waals surface area contributed by atoms with E-state index >= 15 is 0 Å². The van der Waals surface area contributed by atoms with Gasteiger partial charge in [-0.25, -0.2) is 9.55 Å². The van der Waals surface area contributed by atoms with Crippen LogP contribution >= 0.6 is 0 Å². The lowest BCUT2D eigenvalue weighted by Gasteiger charge is -2.02. The van der Waals surface area contributed by atoms with Crippen LogP contribution in [0.3, 0.4) is 0 Å². The van der Waals surface area contributed by atoms with Crippen molar-refractivity contribution in [2.75, 3.05) is 13.2 Å². The first-order valence-corrected chi connectivity index (χ1v) is 6.89. The summed E-state index contributed by atoms with van der Waals surface area (Å²) in [6.45, 7) is 4.82. The molecule has 0 aromatic carbocycles. The van der Waals surface area contributed by atoms with Crippen LogP contribution in [-0.2, 0) is 17.7 Å². The molecule has 0 fully saturated rings. The summed E-state index contributed by atoms with van der Waals surface area (Å²) in [5.41, 5.74) is 0. The predicted octanol–water partition coefficient (Wildman–Crippen LogP) is 2.36. The fraction of sp³-hybridized carbons (Fsp3) is 0.714. The van der Waals surface area contributed by atoms with E-state index in [2.05, 4.69) is 28.7 Å². The van der Waals surface area contributed by atoms with E-state index in [4.69, 9.17) is 10.00 Å². The second-order valence-electron chi connectivity index (χ2n) is 4.43. The van der Waals surface area contributed by atoms with E-state index in [0.29, 0.717) is 6.42 Å².